The molecular formula is C13H15N5. The van der Waals surface area contributed by atoms with Crippen molar-refractivity contribution in [1.82, 2.24) is 9.97 Å². The Bertz CT molecular complexity index is 545. The number of hydrogen-bond donors (Lipinski definition) is 2. The van der Waals surface area contributed by atoms with Crippen molar-refractivity contribution < 1.29 is 0 Å². The maximum absolute atomic E-state index is 7.26. The second kappa shape index (κ2) is 4.83. The Morgan fingerprint density at radius 3 is 2.33 bits per heavy atom. The first-order chi connectivity index (χ1) is 8.58. The van der Waals surface area contributed by atoms with Gasteiger partial charge in [0.05, 0.1) is 12.4 Å². The fourth-order valence-electron chi connectivity index (χ4n) is 1.53. The van der Waals surface area contributed by atoms with E-state index in [-0.39, 0.29) is 5.84 Å². The topological polar surface area (TPSA) is 78.9 Å². The monoisotopic (exact) mass is 241 g/mol. The van der Waals surface area contributed by atoms with E-state index in [2.05, 4.69) is 9.97 Å². The number of anilines is 2. The van der Waals surface area contributed by atoms with Crippen molar-refractivity contribution in [2.24, 2.45) is 5.73 Å². The van der Waals surface area contributed by atoms with E-state index in [0.29, 0.717) is 11.5 Å². The van der Waals surface area contributed by atoms with Crippen molar-refractivity contribution in [3.8, 4) is 0 Å². The molecule has 0 aliphatic carbocycles. The molecule has 0 amide bonds. The van der Waals surface area contributed by atoms with Gasteiger partial charge in [0, 0.05) is 12.7 Å². The van der Waals surface area contributed by atoms with E-state index in [1.165, 1.54) is 11.8 Å². The lowest BCUT2D eigenvalue weighted by Crippen LogP contribution is -2.16. The number of nitrogens with two attached hydrogens (primary N) is 1. The standard InChI is InChI=1S/C13H15N5/c1-9-3-5-10(6-4-9)18(2)12-8-16-11(7-17-12)13(14)15/h3-8H,1-2H3,(H3,14,15). The summed E-state index contributed by atoms with van der Waals surface area (Å²) in [4.78, 5) is 10.3. The fraction of sp³-hybridized carbons (Fsp3) is 0.154. The van der Waals surface area contributed by atoms with Crippen molar-refractivity contribution in [1.29, 1.82) is 5.41 Å². The summed E-state index contributed by atoms with van der Waals surface area (Å²) < 4.78 is 0. The van der Waals surface area contributed by atoms with E-state index in [0.717, 1.165) is 5.69 Å². The van der Waals surface area contributed by atoms with Crippen LogP contribution in [-0.4, -0.2) is 22.9 Å². The summed E-state index contributed by atoms with van der Waals surface area (Å²) in [6.07, 6.45) is 3.11. The molecule has 0 fully saturated rings. The van der Waals surface area contributed by atoms with Crippen LogP contribution in [0.2, 0.25) is 0 Å². The van der Waals surface area contributed by atoms with Gasteiger partial charge in [0.1, 0.15) is 11.5 Å². The molecule has 0 aliphatic heterocycles. The molecule has 1 heterocycles. The highest BCUT2D eigenvalue weighted by atomic mass is 15.2. The Labute approximate surface area is 106 Å². The Hall–Kier alpha value is -2.43. The number of hydrogen-bond acceptors (Lipinski definition) is 4. The van der Waals surface area contributed by atoms with Crippen LogP contribution in [0.3, 0.4) is 0 Å². The average molecular weight is 241 g/mol. The van der Waals surface area contributed by atoms with Crippen molar-refractivity contribution in [2.45, 2.75) is 6.92 Å². The first kappa shape index (κ1) is 12.0. The van der Waals surface area contributed by atoms with E-state index < -0.39 is 0 Å². The summed E-state index contributed by atoms with van der Waals surface area (Å²) in [5.74, 6) is 0.635. The predicted molar refractivity (Wildman–Crippen MR) is 72.3 cm³/mol. The molecule has 0 atom stereocenters. The Balaban J connectivity index is 2.25. The molecule has 18 heavy (non-hydrogen) atoms. The summed E-state index contributed by atoms with van der Waals surface area (Å²) in [5.41, 5.74) is 7.97. The maximum Gasteiger partial charge on any atom is 0.151 e. The summed E-state index contributed by atoms with van der Waals surface area (Å²) in [7, 11) is 1.92. The van der Waals surface area contributed by atoms with Crippen LogP contribution in [0, 0.1) is 12.3 Å². The van der Waals surface area contributed by atoms with E-state index in [1.54, 1.807) is 6.20 Å². The molecule has 0 spiro atoms. The zero-order valence-electron chi connectivity index (χ0n) is 10.4. The number of nitrogens with one attached hydrogen (secondary N) is 1. The van der Waals surface area contributed by atoms with Crippen LogP contribution in [0.5, 0.6) is 0 Å². The molecule has 3 N–H and O–H groups in total. The Kier molecular flexibility index (Phi) is 3.23. The van der Waals surface area contributed by atoms with Crippen LogP contribution >= 0.6 is 0 Å². The number of benzene rings is 1. The molecule has 0 saturated carbocycles. The molecule has 0 bridgehead atoms. The molecule has 0 radical (unpaired) electrons. The average Bonchev–Trinajstić information content (AvgIpc) is 2.39. The van der Waals surface area contributed by atoms with Crippen molar-refractivity contribution in [3.05, 3.63) is 47.9 Å². The van der Waals surface area contributed by atoms with Crippen LogP contribution < -0.4 is 10.6 Å². The first-order valence-electron chi connectivity index (χ1n) is 5.55. The molecule has 0 aliphatic rings. The lowest BCUT2D eigenvalue weighted by atomic mass is 10.2. The van der Waals surface area contributed by atoms with Gasteiger partial charge in [0.25, 0.3) is 0 Å². The molecule has 2 aromatic rings. The lowest BCUT2D eigenvalue weighted by Gasteiger charge is -2.18. The number of amidine groups is 1. The molecule has 5 heteroatoms. The molecule has 92 valence electrons. The van der Waals surface area contributed by atoms with Crippen molar-refractivity contribution >= 4 is 17.3 Å². The number of nitrogen functional groups attached to an aromatic ring is 1. The highest BCUT2D eigenvalue weighted by molar-refractivity contribution is 5.92. The van der Waals surface area contributed by atoms with Crippen LogP contribution in [0.4, 0.5) is 11.5 Å². The zero-order valence-corrected chi connectivity index (χ0v) is 10.4. The highest BCUT2D eigenvalue weighted by Gasteiger charge is 2.06. The normalized spacial score (nSPS) is 10.1. The van der Waals surface area contributed by atoms with Crippen LogP contribution in [-0.2, 0) is 0 Å². The number of aromatic nitrogens is 2. The smallest absolute Gasteiger partial charge is 0.151 e. The number of nitrogens with zero attached hydrogens (tertiary/aromatic N) is 3. The van der Waals surface area contributed by atoms with Gasteiger partial charge in [0.15, 0.2) is 5.82 Å². The van der Waals surface area contributed by atoms with Gasteiger partial charge in [0.2, 0.25) is 0 Å². The number of aryl methyl sites for hydroxylation is 1. The lowest BCUT2D eigenvalue weighted by molar-refractivity contribution is 1.07. The maximum atomic E-state index is 7.26. The van der Waals surface area contributed by atoms with Crippen LogP contribution in [0.15, 0.2) is 36.7 Å². The Morgan fingerprint density at radius 2 is 1.83 bits per heavy atom. The fourth-order valence-corrected chi connectivity index (χ4v) is 1.53. The van der Waals surface area contributed by atoms with E-state index in [1.807, 2.05) is 43.1 Å². The molecule has 0 saturated heterocycles. The van der Waals surface area contributed by atoms with Crippen molar-refractivity contribution in [2.75, 3.05) is 11.9 Å². The summed E-state index contributed by atoms with van der Waals surface area (Å²) in [5, 5.41) is 7.26. The second-order valence-electron chi connectivity index (χ2n) is 4.07. The molecule has 1 aromatic heterocycles. The third-order valence-electron chi connectivity index (χ3n) is 2.68. The van der Waals surface area contributed by atoms with E-state index in [9.17, 15) is 0 Å². The summed E-state index contributed by atoms with van der Waals surface area (Å²) >= 11 is 0. The third-order valence-corrected chi connectivity index (χ3v) is 2.68. The van der Waals surface area contributed by atoms with Gasteiger partial charge in [-0.15, -0.1) is 0 Å². The van der Waals surface area contributed by atoms with E-state index >= 15 is 0 Å². The minimum atomic E-state index is -0.0768. The van der Waals surface area contributed by atoms with Gasteiger partial charge < -0.3 is 10.6 Å². The quantitative estimate of drug-likeness (QED) is 0.634. The minimum Gasteiger partial charge on any atom is -0.382 e. The second-order valence-corrected chi connectivity index (χ2v) is 4.07. The van der Waals surface area contributed by atoms with Gasteiger partial charge in [-0.05, 0) is 19.1 Å². The predicted octanol–water partition coefficient (Wildman–Crippen LogP) is 1.84. The first-order valence-corrected chi connectivity index (χ1v) is 5.55. The largest absolute Gasteiger partial charge is 0.382 e. The van der Waals surface area contributed by atoms with Gasteiger partial charge in [-0.1, -0.05) is 17.7 Å². The SMILES string of the molecule is Cc1ccc(N(C)c2cnc(C(=N)N)cn2)cc1. The van der Waals surface area contributed by atoms with Gasteiger partial charge in [-0.3, -0.25) is 5.41 Å². The minimum absolute atomic E-state index is 0.0768. The molecule has 5 nitrogen and oxygen atoms in total. The molecule has 1 aromatic carbocycles. The van der Waals surface area contributed by atoms with Gasteiger partial charge in [-0.25, -0.2) is 9.97 Å². The number of rotatable bonds is 3. The highest BCUT2D eigenvalue weighted by Crippen LogP contribution is 2.20. The van der Waals surface area contributed by atoms with Crippen molar-refractivity contribution in [3.63, 3.8) is 0 Å². The van der Waals surface area contributed by atoms with Gasteiger partial charge >= 0.3 is 0 Å². The summed E-state index contributed by atoms with van der Waals surface area (Å²) in [6, 6.07) is 8.14. The van der Waals surface area contributed by atoms with Gasteiger partial charge in [-0.2, -0.15) is 0 Å². The molecule has 2 rings (SSSR count). The van der Waals surface area contributed by atoms with Crippen LogP contribution in [0.25, 0.3) is 0 Å². The van der Waals surface area contributed by atoms with E-state index in [4.69, 9.17) is 11.1 Å². The summed E-state index contributed by atoms with van der Waals surface area (Å²) in [6.45, 7) is 2.05. The van der Waals surface area contributed by atoms with Crippen LogP contribution in [0.1, 0.15) is 11.3 Å². The molecular weight excluding hydrogens is 226 g/mol. The third kappa shape index (κ3) is 2.45. The Morgan fingerprint density at radius 1 is 1.17 bits per heavy atom. The molecule has 0 unspecified atom stereocenters. The zero-order chi connectivity index (χ0) is 13.1.